The number of aryl methyl sites for hydroxylation is 1. The molecule has 1 aromatic heterocycles. The molecule has 0 saturated carbocycles. The number of halogens is 3. The fourth-order valence-corrected chi connectivity index (χ4v) is 2.94. The molecule has 1 atom stereocenters. The van der Waals surface area contributed by atoms with Gasteiger partial charge < -0.3 is 14.5 Å². The normalized spacial score (nSPS) is 12.8. The molecule has 2 aromatic rings. The predicted molar refractivity (Wildman–Crippen MR) is 108 cm³/mol. The van der Waals surface area contributed by atoms with E-state index < -0.39 is 17.3 Å². The van der Waals surface area contributed by atoms with Crippen molar-refractivity contribution in [1.29, 1.82) is 0 Å². The van der Waals surface area contributed by atoms with Crippen LogP contribution in [0.5, 0.6) is 0 Å². The SMILES string of the molecule is CO.Cc1cc(C(F)(F)F)c(-c2ccc(CC(C=O)C(C)(C)C)cc2)c(=O)n1C. The second kappa shape index (κ2) is 9.39. The van der Waals surface area contributed by atoms with E-state index in [4.69, 9.17) is 5.11 Å². The van der Waals surface area contributed by atoms with Gasteiger partial charge in [0, 0.05) is 25.8 Å². The number of hydrogen-bond donors (Lipinski definition) is 1. The maximum atomic E-state index is 13.5. The summed E-state index contributed by atoms with van der Waals surface area (Å²) in [5.41, 5.74) is -0.895. The van der Waals surface area contributed by atoms with Gasteiger partial charge in [0.15, 0.2) is 0 Å². The number of nitrogens with zero attached hydrogens (tertiary/aromatic N) is 1. The van der Waals surface area contributed by atoms with Crippen LogP contribution in [-0.4, -0.2) is 23.1 Å². The Morgan fingerprint density at radius 2 is 1.62 bits per heavy atom. The highest BCUT2D eigenvalue weighted by Gasteiger charge is 2.36. The number of carbonyl (C=O) groups excluding carboxylic acids is 1. The molecule has 1 aromatic carbocycles. The van der Waals surface area contributed by atoms with Crippen molar-refractivity contribution < 1.29 is 23.1 Å². The largest absolute Gasteiger partial charge is 0.417 e. The summed E-state index contributed by atoms with van der Waals surface area (Å²) in [6.07, 6.45) is -3.22. The van der Waals surface area contributed by atoms with Gasteiger partial charge in [-0.2, -0.15) is 13.2 Å². The third kappa shape index (κ3) is 5.79. The maximum Gasteiger partial charge on any atom is 0.417 e. The van der Waals surface area contributed by atoms with Gasteiger partial charge >= 0.3 is 6.18 Å². The van der Waals surface area contributed by atoms with Gasteiger partial charge in [0.25, 0.3) is 5.56 Å². The molecule has 1 heterocycles. The smallest absolute Gasteiger partial charge is 0.400 e. The van der Waals surface area contributed by atoms with Crippen LogP contribution in [0.4, 0.5) is 13.2 Å². The molecule has 0 fully saturated rings. The van der Waals surface area contributed by atoms with Crippen molar-refractivity contribution in [1.82, 2.24) is 4.57 Å². The monoisotopic (exact) mass is 411 g/mol. The van der Waals surface area contributed by atoms with Crippen molar-refractivity contribution in [3.05, 3.63) is 57.5 Å². The number of carbonyl (C=O) groups is 1. The molecule has 1 N–H and O–H groups in total. The number of rotatable bonds is 4. The summed E-state index contributed by atoms with van der Waals surface area (Å²) >= 11 is 0. The molecule has 0 bridgehead atoms. The van der Waals surface area contributed by atoms with Crippen molar-refractivity contribution in [2.45, 2.75) is 40.3 Å². The molecule has 0 amide bonds. The molecule has 0 aliphatic carbocycles. The standard InChI is InChI=1S/C21H24F3NO2.CH4O/c1-13-10-17(21(22,23)24)18(19(27)25(13)5)15-8-6-14(7-9-15)11-16(12-26)20(2,3)4;1-2/h6-10,12,16H,11H2,1-5H3;2H,1H3. The lowest BCUT2D eigenvalue weighted by Crippen LogP contribution is -2.25. The van der Waals surface area contributed by atoms with E-state index in [1.54, 1.807) is 12.1 Å². The lowest BCUT2D eigenvalue weighted by atomic mass is 9.78. The quantitative estimate of drug-likeness (QED) is 0.759. The summed E-state index contributed by atoms with van der Waals surface area (Å²) in [6.45, 7) is 7.36. The number of benzene rings is 1. The van der Waals surface area contributed by atoms with Crippen molar-refractivity contribution in [2.24, 2.45) is 18.4 Å². The molecule has 160 valence electrons. The van der Waals surface area contributed by atoms with E-state index in [9.17, 15) is 22.8 Å². The molecule has 29 heavy (non-hydrogen) atoms. The van der Waals surface area contributed by atoms with Crippen LogP contribution in [0.3, 0.4) is 0 Å². The number of aliphatic hydroxyl groups is 1. The number of aromatic nitrogens is 1. The van der Waals surface area contributed by atoms with Crippen LogP contribution in [0.15, 0.2) is 35.1 Å². The fourth-order valence-electron chi connectivity index (χ4n) is 2.94. The summed E-state index contributed by atoms with van der Waals surface area (Å²) in [4.78, 5) is 23.9. The summed E-state index contributed by atoms with van der Waals surface area (Å²) in [6, 6.07) is 7.38. The fraction of sp³-hybridized carbons (Fsp3) is 0.455. The molecule has 0 aliphatic heterocycles. The van der Waals surface area contributed by atoms with Crippen molar-refractivity contribution in [3.63, 3.8) is 0 Å². The molecule has 4 nitrogen and oxygen atoms in total. The third-order valence-electron chi connectivity index (χ3n) is 4.95. The minimum Gasteiger partial charge on any atom is -0.400 e. The van der Waals surface area contributed by atoms with Gasteiger partial charge in [-0.1, -0.05) is 45.0 Å². The second-order valence-electron chi connectivity index (χ2n) is 7.95. The number of alkyl halides is 3. The lowest BCUT2D eigenvalue weighted by molar-refractivity contribution is -0.137. The molecule has 7 heteroatoms. The highest BCUT2D eigenvalue weighted by Crippen LogP contribution is 2.36. The highest BCUT2D eigenvalue weighted by molar-refractivity contribution is 5.68. The second-order valence-corrected chi connectivity index (χ2v) is 7.95. The Bertz CT molecular complexity index is 892. The Morgan fingerprint density at radius 1 is 1.10 bits per heavy atom. The zero-order chi connectivity index (χ0) is 22.6. The predicted octanol–water partition coefficient (Wildman–Crippen LogP) is 4.39. The number of hydrogen-bond acceptors (Lipinski definition) is 3. The molecule has 0 aliphatic rings. The van der Waals surface area contributed by atoms with Gasteiger partial charge in [-0.05, 0) is 36.0 Å². The first-order chi connectivity index (χ1) is 13.4. The first-order valence-corrected chi connectivity index (χ1v) is 9.13. The highest BCUT2D eigenvalue weighted by atomic mass is 19.4. The van der Waals surface area contributed by atoms with Gasteiger partial charge in [0.05, 0.1) is 11.1 Å². The van der Waals surface area contributed by atoms with Gasteiger partial charge in [-0.25, -0.2) is 0 Å². The van der Waals surface area contributed by atoms with Gasteiger partial charge in [0.2, 0.25) is 0 Å². The third-order valence-corrected chi connectivity index (χ3v) is 4.95. The summed E-state index contributed by atoms with van der Waals surface area (Å²) < 4.78 is 41.6. The van der Waals surface area contributed by atoms with Crippen LogP contribution < -0.4 is 5.56 Å². The van der Waals surface area contributed by atoms with Crippen LogP contribution in [0.25, 0.3) is 11.1 Å². The van der Waals surface area contributed by atoms with Gasteiger partial charge in [-0.15, -0.1) is 0 Å². The van der Waals surface area contributed by atoms with Gasteiger partial charge in [-0.3, -0.25) is 4.79 Å². The molecular formula is C22H28F3NO3. The Balaban J connectivity index is 0.00000204. The zero-order valence-corrected chi connectivity index (χ0v) is 17.6. The number of pyridine rings is 1. The first-order valence-electron chi connectivity index (χ1n) is 9.13. The average molecular weight is 411 g/mol. The van der Waals surface area contributed by atoms with E-state index in [1.807, 2.05) is 20.8 Å². The Morgan fingerprint density at radius 3 is 2.03 bits per heavy atom. The van der Waals surface area contributed by atoms with Crippen LogP contribution in [0.1, 0.15) is 37.6 Å². The Hall–Kier alpha value is -2.41. The number of aliphatic hydroxyl groups excluding tert-OH is 1. The molecule has 0 radical (unpaired) electrons. The van der Waals surface area contributed by atoms with E-state index in [0.717, 1.165) is 25.0 Å². The van der Waals surface area contributed by atoms with Crippen molar-refractivity contribution in [3.8, 4) is 11.1 Å². The topological polar surface area (TPSA) is 59.3 Å². The first kappa shape index (κ1) is 24.6. The average Bonchev–Trinajstić information content (AvgIpc) is 2.64. The van der Waals surface area contributed by atoms with Crippen molar-refractivity contribution in [2.75, 3.05) is 7.11 Å². The lowest BCUT2D eigenvalue weighted by Gasteiger charge is -2.26. The van der Waals surface area contributed by atoms with Crippen LogP contribution in [0.2, 0.25) is 0 Å². The molecule has 0 spiro atoms. The molecule has 1 unspecified atom stereocenters. The van der Waals surface area contributed by atoms with E-state index in [2.05, 4.69) is 0 Å². The minimum absolute atomic E-state index is 0.207. The minimum atomic E-state index is -4.62. The van der Waals surface area contributed by atoms with Crippen LogP contribution in [-0.2, 0) is 24.4 Å². The number of aldehydes is 1. The molecule has 0 saturated heterocycles. The summed E-state index contributed by atoms with van der Waals surface area (Å²) in [5, 5.41) is 7.00. The summed E-state index contributed by atoms with van der Waals surface area (Å²) in [7, 11) is 2.45. The zero-order valence-electron chi connectivity index (χ0n) is 17.6. The van der Waals surface area contributed by atoms with E-state index in [-0.39, 0.29) is 28.2 Å². The molecular weight excluding hydrogens is 383 g/mol. The van der Waals surface area contributed by atoms with E-state index >= 15 is 0 Å². The maximum absolute atomic E-state index is 13.5. The van der Waals surface area contributed by atoms with E-state index in [0.29, 0.717) is 6.42 Å². The van der Waals surface area contributed by atoms with Gasteiger partial charge in [0.1, 0.15) is 6.29 Å². The summed E-state index contributed by atoms with van der Waals surface area (Å²) in [5.74, 6) is -0.207. The van der Waals surface area contributed by atoms with Crippen LogP contribution in [0, 0.1) is 18.3 Å². The van der Waals surface area contributed by atoms with Crippen molar-refractivity contribution >= 4 is 6.29 Å². The Kier molecular flexibility index (Phi) is 7.98. The van der Waals surface area contributed by atoms with E-state index in [1.165, 1.54) is 30.7 Å². The molecule has 2 rings (SSSR count). The van der Waals surface area contributed by atoms with Crippen LogP contribution >= 0.6 is 0 Å². The Labute approximate surface area is 169 Å².